The van der Waals surface area contributed by atoms with Crippen molar-refractivity contribution >= 4 is 5.91 Å². The lowest BCUT2D eigenvalue weighted by Crippen LogP contribution is -2.27. The molecule has 1 aromatic heterocycles. The number of hydrogen-bond acceptors (Lipinski definition) is 2. The van der Waals surface area contributed by atoms with Crippen LogP contribution in [0.15, 0.2) is 18.3 Å². The van der Waals surface area contributed by atoms with E-state index in [0.717, 1.165) is 5.56 Å². The molecule has 0 N–H and O–H groups in total. The molecule has 0 spiro atoms. The van der Waals surface area contributed by atoms with Crippen LogP contribution in [-0.4, -0.2) is 29.9 Å². The first-order valence-corrected chi connectivity index (χ1v) is 5.01. The molecule has 0 atom stereocenters. The second-order valence-corrected chi connectivity index (χ2v) is 4.85. The molecular formula is C12H18N2O. The predicted molar refractivity (Wildman–Crippen MR) is 61.0 cm³/mol. The molecule has 0 aliphatic heterocycles. The Kier molecular flexibility index (Phi) is 3.12. The number of pyridine rings is 1. The zero-order valence-electron chi connectivity index (χ0n) is 10.0. The highest BCUT2D eigenvalue weighted by Crippen LogP contribution is 2.24. The summed E-state index contributed by atoms with van der Waals surface area (Å²) in [5.74, 6) is -0.0412. The zero-order chi connectivity index (χ0) is 11.6. The van der Waals surface area contributed by atoms with Crippen molar-refractivity contribution in [2.45, 2.75) is 26.2 Å². The highest BCUT2D eigenvalue weighted by molar-refractivity contribution is 5.93. The van der Waals surface area contributed by atoms with Crippen molar-refractivity contribution in [3.63, 3.8) is 0 Å². The molecule has 1 aromatic rings. The van der Waals surface area contributed by atoms with Gasteiger partial charge in [0.2, 0.25) is 0 Å². The molecule has 0 bridgehead atoms. The van der Waals surface area contributed by atoms with Crippen molar-refractivity contribution in [2.24, 2.45) is 0 Å². The molecule has 0 unspecified atom stereocenters. The van der Waals surface area contributed by atoms with Gasteiger partial charge in [-0.25, -0.2) is 0 Å². The first kappa shape index (κ1) is 11.7. The van der Waals surface area contributed by atoms with Gasteiger partial charge in [-0.2, -0.15) is 0 Å². The summed E-state index contributed by atoms with van der Waals surface area (Å²) in [5.41, 5.74) is 1.48. The van der Waals surface area contributed by atoms with Crippen LogP contribution >= 0.6 is 0 Å². The Morgan fingerprint density at radius 2 is 1.93 bits per heavy atom. The summed E-state index contributed by atoms with van der Waals surface area (Å²) in [6.07, 6.45) is 1.66. The van der Waals surface area contributed by atoms with E-state index in [1.54, 1.807) is 25.2 Å². The smallest absolute Gasteiger partial charge is 0.272 e. The van der Waals surface area contributed by atoms with E-state index in [1.165, 1.54) is 0 Å². The van der Waals surface area contributed by atoms with Gasteiger partial charge >= 0.3 is 0 Å². The van der Waals surface area contributed by atoms with Gasteiger partial charge < -0.3 is 4.90 Å². The first-order valence-electron chi connectivity index (χ1n) is 5.01. The van der Waals surface area contributed by atoms with Gasteiger partial charge in [-0.1, -0.05) is 26.8 Å². The Hall–Kier alpha value is -1.38. The van der Waals surface area contributed by atoms with Crippen LogP contribution < -0.4 is 0 Å². The van der Waals surface area contributed by atoms with E-state index in [1.807, 2.05) is 12.1 Å². The highest BCUT2D eigenvalue weighted by atomic mass is 16.2. The van der Waals surface area contributed by atoms with Crippen molar-refractivity contribution in [2.75, 3.05) is 14.1 Å². The maximum Gasteiger partial charge on any atom is 0.272 e. The van der Waals surface area contributed by atoms with Crippen molar-refractivity contribution in [1.82, 2.24) is 9.88 Å². The maximum atomic E-state index is 11.9. The van der Waals surface area contributed by atoms with Gasteiger partial charge in [-0.15, -0.1) is 0 Å². The Bertz CT molecular complexity index is 364. The molecule has 3 nitrogen and oxygen atoms in total. The largest absolute Gasteiger partial charge is 0.343 e. The third-order valence-corrected chi connectivity index (χ3v) is 2.22. The molecule has 0 fully saturated rings. The molecule has 15 heavy (non-hydrogen) atoms. The normalized spacial score (nSPS) is 11.3. The number of aromatic nitrogens is 1. The summed E-state index contributed by atoms with van der Waals surface area (Å²) in [6, 6.07) is 3.83. The Labute approximate surface area is 91.1 Å². The van der Waals surface area contributed by atoms with Crippen LogP contribution in [0.2, 0.25) is 0 Å². The fraction of sp³-hybridized carbons (Fsp3) is 0.500. The van der Waals surface area contributed by atoms with Gasteiger partial charge in [-0.05, 0) is 17.0 Å². The molecule has 0 saturated heterocycles. The van der Waals surface area contributed by atoms with E-state index in [9.17, 15) is 4.79 Å². The minimum absolute atomic E-state index is 0.0412. The summed E-state index contributed by atoms with van der Waals surface area (Å²) in [5, 5.41) is 0. The minimum Gasteiger partial charge on any atom is -0.343 e. The maximum absolute atomic E-state index is 11.9. The van der Waals surface area contributed by atoms with Gasteiger partial charge in [0.25, 0.3) is 5.91 Å². The highest BCUT2D eigenvalue weighted by Gasteiger charge is 2.23. The van der Waals surface area contributed by atoms with Crippen LogP contribution in [0.1, 0.15) is 36.8 Å². The van der Waals surface area contributed by atoms with E-state index >= 15 is 0 Å². The number of rotatable bonds is 1. The van der Waals surface area contributed by atoms with Gasteiger partial charge in [0, 0.05) is 20.3 Å². The summed E-state index contributed by atoms with van der Waals surface area (Å²) in [4.78, 5) is 17.6. The number of carbonyl (C=O) groups is 1. The summed E-state index contributed by atoms with van der Waals surface area (Å²) in [7, 11) is 3.48. The molecule has 0 aliphatic rings. The molecule has 0 saturated carbocycles. The van der Waals surface area contributed by atoms with E-state index < -0.39 is 0 Å². The van der Waals surface area contributed by atoms with Crippen molar-refractivity contribution in [1.29, 1.82) is 0 Å². The van der Waals surface area contributed by atoms with Crippen LogP contribution in [0, 0.1) is 0 Å². The first-order chi connectivity index (χ1) is 6.84. The SMILES string of the molecule is CN(C)C(=O)c1ncccc1C(C)(C)C. The minimum atomic E-state index is -0.0603. The van der Waals surface area contributed by atoms with Crippen LogP contribution in [0.3, 0.4) is 0 Å². The average Bonchev–Trinajstić information content (AvgIpc) is 2.15. The predicted octanol–water partition coefficient (Wildman–Crippen LogP) is 2.08. The van der Waals surface area contributed by atoms with Gasteiger partial charge in [0.1, 0.15) is 5.69 Å². The fourth-order valence-corrected chi connectivity index (χ4v) is 1.39. The van der Waals surface area contributed by atoms with Crippen LogP contribution in [0.4, 0.5) is 0 Å². The molecular weight excluding hydrogens is 188 g/mol. The van der Waals surface area contributed by atoms with E-state index in [4.69, 9.17) is 0 Å². The Balaban J connectivity index is 3.25. The van der Waals surface area contributed by atoms with E-state index in [2.05, 4.69) is 25.8 Å². The number of nitrogens with zero attached hydrogens (tertiary/aromatic N) is 2. The molecule has 0 aliphatic carbocycles. The summed E-state index contributed by atoms with van der Waals surface area (Å²) >= 11 is 0. The number of hydrogen-bond donors (Lipinski definition) is 0. The van der Waals surface area contributed by atoms with Gasteiger partial charge in [0.15, 0.2) is 0 Å². The third kappa shape index (κ3) is 2.55. The van der Waals surface area contributed by atoms with Crippen LogP contribution in [0.5, 0.6) is 0 Å². The van der Waals surface area contributed by atoms with Crippen LogP contribution in [0.25, 0.3) is 0 Å². The van der Waals surface area contributed by atoms with Crippen molar-refractivity contribution in [3.8, 4) is 0 Å². The second-order valence-electron chi connectivity index (χ2n) is 4.85. The molecule has 3 heteroatoms. The molecule has 1 heterocycles. The van der Waals surface area contributed by atoms with E-state index in [0.29, 0.717) is 5.69 Å². The molecule has 82 valence electrons. The number of amides is 1. The second kappa shape index (κ2) is 4.01. The monoisotopic (exact) mass is 206 g/mol. The Morgan fingerprint density at radius 1 is 1.33 bits per heavy atom. The average molecular weight is 206 g/mol. The fourth-order valence-electron chi connectivity index (χ4n) is 1.39. The molecule has 0 radical (unpaired) electrons. The summed E-state index contributed by atoms with van der Waals surface area (Å²) < 4.78 is 0. The van der Waals surface area contributed by atoms with Crippen molar-refractivity contribution in [3.05, 3.63) is 29.6 Å². The molecule has 0 aromatic carbocycles. The van der Waals surface area contributed by atoms with Gasteiger partial charge in [0.05, 0.1) is 0 Å². The lowest BCUT2D eigenvalue weighted by atomic mass is 9.85. The topological polar surface area (TPSA) is 33.2 Å². The third-order valence-electron chi connectivity index (χ3n) is 2.22. The molecule has 1 amide bonds. The standard InChI is InChI=1S/C12H18N2O/c1-12(2,3)9-7-6-8-13-10(9)11(15)14(4)5/h6-8H,1-5H3. The van der Waals surface area contributed by atoms with Crippen LogP contribution in [-0.2, 0) is 5.41 Å². The lowest BCUT2D eigenvalue weighted by molar-refractivity contribution is 0.0819. The Morgan fingerprint density at radius 3 is 2.40 bits per heavy atom. The molecule has 1 rings (SSSR count). The summed E-state index contributed by atoms with van der Waals surface area (Å²) in [6.45, 7) is 6.24. The lowest BCUT2D eigenvalue weighted by Gasteiger charge is -2.22. The van der Waals surface area contributed by atoms with Gasteiger partial charge in [-0.3, -0.25) is 9.78 Å². The zero-order valence-corrected chi connectivity index (χ0v) is 10.0. The quantitative estimate of drug-likeness (QED) is 0.705. The van der Waals surface area contributed by atoms with E-state index in [-0.39, 0.29) is 11.3 Å². The number of carbonyl (C=O) groups excluding carboxylic acids is 1. The van der Waals surface area contributed by atoms with Crippen molar-refractivity contribution < 1.29 is 4.79 Å².